The van der Waals surface area contributed by atoms with Crippen LogP contribution in [-0.4, -0.2) is 64.6 Å². The molecule has 0 bridgehead atoms. The number of carbonyl (C=O) groups is 1. The van der Waals surface area contributed by atoms with Gasteiger partial charge >= 0.3 is 0 Å². The Morgan fingerprint density at radius 1 is 1.06 bits per heavy atom. The van der Waals surface area contributed by atoms with Gasteiger partial charge < -0.3 is 10.2 Å². The van der Waals surface area contributed by atoms with Gasteiger partial charge in [-0.05, 0) is 31.2 Å². The van der Waals surface area contributed by atoms with Crippen LogP contribution in [0.2, 0.25) is 0 Å². The van der Waals surface area contributed by atoms with Crippen LogP contribution in [0, 0.1) is 6.92 Å². The number of amides is 1. The molecule has 1 aliphatic heterocycles. The molecule has 1 saturated heterocycles. The maximum absolute atomic E-state index is 13.2. The summed E-state index contributed by atoms with van der Waals surface area (Å²) in [6, 6.07) is 6.24. The van der Waals surface area contributed by atoms with Crippen molar-refractivity contribution < 1.29 is 13.2 Å². The highest BCUT2D eigenvalue weighted by Gasteiger charge is 2.30. The van der Waals surface area contributed by atoms with Crippen LogP contribution in [0.15, 0.2) is 29.2 Å². The number of aromatic nitrogens is 4. The number of anilines is 2. The Hall–Kier alpha value is -3.05. The molecule has 3 aromatic rings. The molecule has 1 N–H and O–H groups in total. The van der Waals surface area contributed by atoms with E-state index in [0.29, 0.717) is 31.9 Å². The second kappa shape index (κ2) is 8.71. The van der Waals surface area contributed by atoms with Crippen LogP contribution in [0.3, 0.4) is 0 Å². The molecule has 3 heterocycles. The van der Waals surface area contributed by atoms with Crippen LogP contribution < -0.4 is 10.2 Å². The van der Waals surface area contributed by atoms with E-state index in [-0.39, 0.29) is 16.7 Å². The summed E-state index contributed by atoms with van der Waals surface area (Å²) in [4.78, 5) is 23.1. The van der Waals surface area contributed by atoms with E-state index in [2.05, 4.69) is 29.2 Å². The van der Waals surface area contributed by atoms with E-state index >= 15 is 0 Å². The molecule has 1 aliphatic rings. The van der Waals surface area contributed by atoms with Crippen molar-refractivity contribution in [3.05, 3.63) is 35.8 Å². The quantitative estimate of drug-likeness (QED) is 0.607. The minimum Gasteiger partial charge on any atom is -0.352 e. The smallest absolute Gasteiger partial charge is 0.243 e. The third-order valence-corrected chi connectivity index (χ3v) is 7.63. The monoisotopic (exact) mass is 471 g/mol. The number of nitrogens with zero attached hydrogens (tertiary/aromatic N) is 6. The first kappa shape index (κ1) is 23.1. The zero-order chi connectivity index (χ0) is 23.9. The van der Waals surface area contributed by atoms with Crippen LogP contribution in [0.5, 0.6) is 0 Å². The van der Waals surface area contributed by atoms with E-state index in [1.165, 1.54) is 23.4 Å². The number of hydrogen-bond donors (Lipinski definition) is 1. The second-order valence-corrected chi connectivity index (χ2v) is 10.5. The maximum Gasteiger partial charge on any atom is 0.243 e. The molecule has 4 rings (SSSR count). The lowest BCUT2D eigenvalue weighted by Gasteiger charge is -2.35. The molecule has 0 atom stereocenters. The molecule has 11 heteroatoms. The maximum atomic E-state index is 13.2. The number of carbonyl (C=O) groups excluding carboxylic acids is 1. The fourth-order valence-electron chi connectivity index (χ4n) is 4.01. The fraction of sp³-hybridized carbons (Fsp3) is 0.455. The normalized spacial score (nSPS) is 15.4. The predicted octanol–water partition coefficient (Wildman–Crippen LogP) is 2.26. The molecule has 1 amide bonds. The highest BCUT2D eigenvalue weighted by Crippen LogP contribution is 2.29. The Morgan fingerprint density at radius 3 is 2.27 bits per heavy atom. The third kappa shape index (κ3) is 4.42. The van der Waals surface area contributed by atoms with Gasteiger partial charge in [0.2, 0.25) is 15.9 Å². The topological polar surface area (TPSA) is 113 Å². The highest BCUT2D eigenvalue weighted by molar-refractivity contribution is 7.89. The Kier molecular flexibility index (Phi) is 6.10. The van der Waals surface area contributed by atoms with Gasteiger partial charge in [0.05, 0.1) is 10.6 Å². The Morgan fingerprint density at radius 2 is 1.70 bits per heavy atom. The van der Waals surface area contributed by atoms with Gasteiger partial charge in [-0.15, -0.1) is 0 Å². The molecule has 10 nitrogen and oxygen atoms in total. The average Bonchev–Trinajstić information content (AvgIpc) is 3.06. The van der Waals surface area contributed by atoms with Crippen LogP contribution in [0.4, 0.5) is 11.5 Å². The van der Waals surface area contributed by atoms with Crippen molar-refractivity contribution in [1.29, 1.82) is 0 Å². The first-order chi connectivity index (χ1) is 15.6. The molecule has 1 aromatic carbocycles. The lowest BCUT2D eigenvalue weighted by atomic mass is 10.2. The Balaban J connectivity index is 1.57. The number of piperazine rings is 1. The van der Waals surface area contributed by atoms with Crippen molar-refractivity contribution >= 4 is 38.5 Å². The summed E-state index contributed by atoms with van der Waals surface area (Å²) >= 11 is 0. The molecule has 1 fully saturated rings. The SMILES string of the molecule is CC(=O)Nc1ccc(S(=O)(=O)N2CCN(c3nc(C(C)C)nc4c(C)nn(C)c34)CC2)cc1. The lowest BCUT2D eigenvalue weighted by Crippen LogP contribution is -2.49. The van der Waals surface area contributed by atoms with Crippen molar-refractivity contribution in [2.24, 2.45) is 7.05 Å². The molecule has 0 unspecified atom stereocenters. The minimum absolute atomic E-state index is 0.162. The van der Waals surface area contributed by atoms with E-state index < -0.39 is 10.0 Å². The first-order valence-corrected chi connectivity index (χ1v) is 12.4. The summed E-state index contributed by atoms with van der Waals surface area (Å²) in [5.74, 6) is 1.51. The molecule has 0 spiro atoms. The molecule has 33 heavy (non-hydrogen) atoms. The van der Waals surface area contributed by atoms with Crippen LogP contribution in [0.1, 0.15) is 38.2 Å². The molecule has 176 valence electrons. The third-order valence-electron chi connectivity index (χ3n) is 5.72. The summed E-state index contributed by atoms with van der Waals surface area (Å²) in [7, 11) is -1.76. The summed E-state index contributed by atoms with van der Waals surface area (Å²) in [5.41, 5.74) is 3.11. The van der Waals surface area contributed by atoms with E-state index in [0.717, 1.165) is 28.4 Å². The van der Waals surface area contributed by atoms with Gasteiger partial charge in [0.1, 0.15) is 16.9 Å². The number of hydrogen-bond acceptors (Lipinski definition) is 7. The predicted molar refractivity (Wildman–Crippen MR) is 127 cm³/mol. The summed E-state index contributed by atoms with van der Waals surface area (Å²) in [6.07, 6.45) is 0. The van der Waals surface area contributed by atoms with Gasteiger partial charge in [0.15, 0.2) is 5.82 Å². The molecular weight excluding hydrogens is 442 g/mol. The van der Waals surface area contributed by atoms with Crippen molar-refractivity contribution in [2.75, 3.05) is 36.4 Å². The number of benzene rings is 1. The number of rotatable bonds is 5. The minimum atomic E-state index is -3.64. The van der Waals surface area contributed by atoms with Crippen molar-refractivity contribution in [3.8, 4) is 0 Å². The van der Waals surface area contributed by atoms with Gasteiger partial charge in [-0.1, -0.05) is 13.8 Å². The summed E-state index contributed by atoms with van der Waals surface area (Å²) in [5, 5.41) is 7.17. The summed E-state index contributed by atoms with van der Waals surface area (Å²) in [6.45, 7) is 9.16. The van der Waals surface area contributed by atoms with Crippen molar-refractivity contribution in [1.82, 2.24) is 24.1 Å². The largest absolute Gasteiger partial charge is 0.352 e. The first-order valence-electron chi connectivity index (χ1n) is 10.9. The summed E-state index contributed by atoms with van der Waals surface area (Å²) < 4.78 is 29.6. The molecule has 0 saturated carbocycles. The van der Waals surface area contributed by atoms with Crippen molar-refractivity contribution in [3.63, 3.8) is 0 Å². The molecular formula is C22H29N7O3S. The number of fused-ring (bicyclic) bond motifs is 1. The van der Waals surface area contributed by atoms with Crippen LogP contribution in [0.25, 0.3) is 11.0 Å². The van der Waals surface area contributed by atoms with E-state index in [4.69, 9.17) is 9.97 Å². The zero-order valence-electron chi connectivity index (χ0n) is 19.5. The second-order valence-electron chi connectivity index (χ2n) is 8.56. The number of aryl methyl sites for hydroxylation is 2. The van der Waals surface area contributed by atoms with E-state index in [1.54, 1.807) is 16.8 Å². The Bertz CT molecular complexity index is 1290. The Labute approximate surface area is 193 Å². The lowest BCUT2D eigenvalue weighted by molar-refractivity contribution is -0.114. The van der Waals surface area contributed by atoms with Gasteiger partial charge in [0, 0.05) is 51.8 Å². The fourth-order valence-corrected chi connectivity index (χ4v) is 5.44. The zero-order valence-corrected chi connectivity index (χ0v) is 20.3. The van der Waals surface area contributed by atoms with E-state index in [9.17, 15) is 13.2 Å². The number of nitrogens with one attached hydrogen (secondary N) is 1. The average molecular weight is 472 g/mol. The van der Waals surface area contributed by atoms with E-state index in [1.807, 2.05) is 14.0 Å². The van der Waals surface area contributed by atoms with Crippen LogP contribution in [-0.2, 0) is 21.9 Å². The standard InChI is InChI=1S/C22H29N7O3S/c1-14(2)21-24-19-15(3)26-27(5)20(19)22(25-21)28-10-12-29(13-11-28)33(31,32)18-8-6-17(7-9-18)23-16(4)30/h6-9,14H,10-13H2,1-5H3,(H,23,30). The van der Waals surface area contributed by atoms with Gasteiger partial charge in [-0.3, -0.25) is 9.48 Å². The molecule has 0 radical (unpaired) electrons. The number of sulfonamides is 1. The highest BCUT2D eigenvalue weighted by atomic mass is 32.2. The molecule has 2 aromatic heterocycles. The van der Waals surface area contributed by atoms with Gasteiger partial charge in [-0.2, -0.15) is 9.40 Å². The van der Waals surface area contributed by atoms with Gasteiger partial charge in [0.25, 0.3) is 0 Å². The van der Waals surface area contributed by atoms with Crippen molar-refractivity contribution in [2.45, 2.75) is 38.5 Å². The van der Waals surface area contributed by atoms with Gasteiger partial charge in [-0.25, -0.2) is 18.4 Å². The molecule has 0 aliphatic carbocycles. The van der Waals surface area contributed by atoms with Crippen LogP contribution >= 0.6 is 0 Å².